The number of likely N-dealkylation sites (N-methyl/N-ethyl adjacent to an activating group) is 2. The first-order valence-corrected chi connectivity index (χ1v) is 11.1. The van der Waals surface area contributed by atoms with Gasteiger partial charge in [0.2, 0.25) is 0 Å². The van der Waals surface area contributed by atoms with E-state index in [1.54, 1.807) is 0 Å². The maximum atomic E-state index is 12.6. The van der Waals surface area contributed by atoms with Crippen LogP contribution in [0.25, 0.3) is 0 Å². The molecule has 0 amide bonds. The molecule has 0 spiro atoms. The SMILES string of the molecule is CN(C)C1(OC(=O)/C=C\C(=O)OC2(N(C)C)CCCCCC2N)CCCCCC1N. The molecule has 4 atom stereocenters. The van der Waals surface area contributed by atoms with Crippen molar-refractivity contribution in [3.8, 4) is 0 Å². The van der Waals surface area contributed by atoms with E-state index in [2.05, 4.69) is 0 Å². The molecule has 0 aromatic heterocycles. The summed E-state index contributed by atoms with van der Waals surface area (Å²) in [7, 11) is 7.46. The van der Waals surface area contributed by atoms with Gasteiger partial charge in [0.1, 0.15) is 0 Å². The van der Waals surface area contributed by atoms with Crippen LogP contribution >= 0.6 is 0 Å². The summed E-state index contributed by atoms with van der Waals surface area (Å²) in [6.45, 7) is 0. The summed E-state index contributed by atoms with van der Waals surface area (Å²) < 4.78 is 11.6. The van der Waals surface area contributed by atoms with E-state index >= 15 is 0 Å². The highest BCUT2D eigenvalue weighted by atomic mass is 16.6. The third kappa shape index (κ3) is 5.60. The van der Waals surface area contributed by atoms with E-state index in [0.717, 1.165) is 63.5 Å². The summed E-state index contributed by atoms with van der Waals surface area (Å²) in [5.74, 6) is -1.19. The molecule has 8 heteroatoms. The van der Waals surface area contributed by atoms with E-state index in [1.165, 1.54) is 0 Å². The van der Waals surface area contributed by atoms with Gasteiger partial charge in [0.15, 0.2) is 11.4 Å². The smallest absolute Gasteiger partial charge is 0.332 e. The Bertz CT molecular complexity index is 572. The fraction of sp³-hybridized carbons (Fsp3) is 0.818. The molecule has 172 valence electrons. The van der Waals surface area contributed by atoms with Crippen LogP contribution in [-0.2, 0) is 19.1 Å². The quantitative estimate of drug-likeness (QED) is 0.287. The van der Waals surface area contributed by atoms with E-state index < -0.39 is 23.4 Å². The van der Waals surface area contributed by atoms with Crippen LogP contribution in [0.15, 0.2) is 12.2 Å². The minimum atomic E-state index is -0.865. The molecule has 0 aromatic carbocycles. The number of rotatable bonds is 6. The molecule has 0 aromatic rings. The Morgan fingerprint density at radius 3 is 1.43 bits per heavy atom. The molecule has 4 unspecified atom stereocenters. The van der Waals surface area contributed by atoms with E-state index in [1.807, 2.05) is 38.0 Å². The second-order valence-corrected chi connectivity index (χ2v) is 9.07. The molecule has 0 radical (unpaired) electrons. The Morgan fingerprint density at radius 2 is 1.10 bits per heavy atom. The summed E-state index contributed by atoms with van der Waals surface area (Å²) in [6.07, 6.45) is 11.2. The minimum absolute atomic E-state index is 0.278. The molecule has 8 nitrogen and oxygen atoms in total. The second kappa shape index (κ2) is 10.7. The highest BCUT2D eigenvalue weighted by Crippen LogP contribution is 2.33. The molecular formula is C22H40N4O4. The fourth-order valence-corrected chi connectivity index (χ4v) is 4.76. The number of nitrogens with two attached hydrogens (primary N) is 2. The zero-order valence-corrected chi connectivity index (χ0v) is 19.1. The molecule has 0 saturated heterocycles. The van der Waals surface area contributed by atoms with Gasteiger partial charge in [-0.05, 0) is 53.9 Å². The van der Waals surface area contributed by atoms with E-state index in [0.29, 0.717) is 12.8 Å². The van der Waals surface area contributed by atoms with Crippen molar-refractivity contribution in [2.24, 2.45) is 11.5 Å². The van der Waals surface area contributed by atoms with Crippen LogP contribution < -0.4 is 11.5 Å². The molecule has 0 bridgehead atoms. The van der Waals surface area contributed by atoms with Gasteiger partial charge >= 0.3 is 11.9 Å². The van der Waals surface area contributed by atoms with Crippen LogP contribution in [0.2, 0.25) is 0 Å². The number of nitrogens with zero attached hydrogens (tertiary/aromatic N) is 2. The molecule has 2 rings (SSSR count). The standard InChI is InChI=1S/C22H40N4O4/c1-25(2)21(15-9-5-7-11-17(21)23)29-19(27)13-14-20(28)30-22(26(3)4)16-10-6-8-12-18(22)24/h13-14,17-18H,5-12,15-16,23-24H2,1-4H3/b14-13-. The molecule has 30 heavy (non-hydrogen) atoms. The van der Waals surface area contributed by atoms with Crippen LogP contribution in [0.3, 0.4) is 0 Å². The van der Waals surface area contributed by atoms with Gasteiger partial charge in [0.25, 0.3) is 0 Å². The van der Waals surface area contributed by atoms with Crippen molar-refractivity contribution in [1.29, 1.82) is 0 Å². The number of hydrogen-bond donors (Lipinski definition) is 2. The number of hydrogen-bond acceptors (Lipinski definition) is 8. The predicted molar refractivity (Wildman–Crippen MR) is 116 cm³/mol. The molecule has 2 aliphatic carbocycles. The molecule has 2 fully saturated rings. The van der Waals surface area contributed by atoms with Crippen molar-refractivity contribution in [1.82, 2.24) is 9.80 Å². The van der Waals surface area contributed by atoms with Crippen molar-refractivity contribution in [2.75, 3.05) is 28.2 Å². The number of carbonyl (C=O) groups excluding carboxylic acids is 2. The molecule has 4 N–H and O–H groups in total. The van der Waals surface area contributed by atoms with E-state index in [9.17, 15) is 9.59 Å². The van der Waals surface area contributed by atoms with Gasteiger partial charge in [-0.15, -0.1) is 0 Å². The Hall–Kier alpha value is -1.48. The van der Waals surface area contributed by atoms with Gasteiger partial charge < -0.3 is 20.9 Å². The minimum Gasteiger partial charge on any atom is -0.439 e. The molecule has 2 saturated carbocycles. The number of ether oxygens (including phenoxy) is 2. The Labute approximate surface area is 180 Å². The molecule has 0 aliphatic heterocycles. The zero-order chi connectivity index (χ0) is 22.4. The Balaban J connectivity index is 2.08. The summed E-state index contributed by atoms with van der Waals surface area (Å²) >= 11 is 0. The lowest BCUT2D eigenvalue weighted by Gasteiger charge is -2.42. The summed E-state index contributed by atoms with van der Waals surface area (Å²) in [4.78, 5) is 28.9. The topological polar surface area (TPSA) is 111 Å². The van der Waals surface area contributed by atoms with Gasteiger partial charge in [0, 0.05) is 25.0 Å². The second-order valence-electron chi connectivity index (χ2n) is 9.07. The Morgan fingerprint density at radius 1 is 0.733 bits per heavy atom. The lowest BCUT2D eigenvalue weighted by atomic mass is 9.97. The van der Waals surface area contributed by atoms with Crippen LogP contribution in [0.5, 0.6) is 0 Å². The van der Waals surface area contributed by atoms with Crippen LogP contribution in [-0.4, -0.2) is 73.5 Å². The summed E-state index contributed by atoms with van der Waals surface area (Å²) in [6, 6.07) is -0.555. The average Bonchev–Trinajstić information content (AvgIpc) is 2.98. The largest absolute Gasteiger partial charge is 0.439 e. The first-order chi connectivity index (χ1) is 14.1. The average molecular weight is 425 g/mol. The predicted octanol–water partition coefficient (Wildman–Crippen LogP) is 1.73. The summed E-state index contributed by atoms with van der Waals surface area (Å²) in [5, 5.41) is 0. The van der Waals surface area contributed by atoms with Gasteiger partial charge in [-0.2, -0.15) is 0 Å². The maximum absolute atomic E-state index is 12.6. The number of carbonyl (C=O) groups is 2. The highest BCUT2D eigenvalue weighted by molar-refractivity contribution is 5.92. The van der Waals surface area contributed by atoms with Crippen molar-refractivity contribution in [3.05, 3.63) is 12.2 Å². The molecule has 2 aliphatic rings. The molecular weight excluding hydrogens is 384 g/mol. The maximum Gasteiger partial charge on any atom is 0.332 e. The number of esters is 2. The summed E-state index contributed by atoms with van der Waals surface area (Å²) in [5.41, 5.74) is 11.0. The molecule has 0 heterocycles. The van der Waals surface area contributed by atoms with Crippen LogP contribution in [0.4, 0.5) is 0 Å². The van der Waals surface area contributed by atoms with Crippen molar-refractivity contribution in [3.63, 3.8) is 0 Å². The van der Waals surface area contributed by atoms with E-state index in [4.69, 9.17) is 20.9 Å². The fourth-order valence-electron chi connectivity index (χ4n) is 4.76. The van der Waals surface area contributed by atoms with Gasteiger partial charge in [0.05, 0.1) is 12.1 Å². The van der Waals surface area contributed by atoms with Gasteiger partial charge in [-0.1, -0.05) is 25.7 Å². The first kappa shape index (κ1) is 24.8. The van der Waals surface area contributed by atoms with Crippen molar-refractivity contribution >= 4 is 11.9 Å². The van der Waals surface area contributed by atoms with Crippen LogP contribution in [0, 0.1) is 0 Å². The van der Waals surface area contributed by atoms with Gasteiger partial charge in [-0.25, -0.2) is 9.59 Å². The van der Waals surface area contributed by atoms with Gasteiger partial charge in [-0.3, -0.25) is 9.80 Å². The normalized spacial score (nSPS) is 33.3. The third-order valence-corrected chi connectivity index (χ3v) is 6.68. The lowest BCUT2D eigenvalue weighted by molar-refractivity contribution is -0.183. The van der Waals surface area contributed by atoms with Crippen LogP contribution in [0.1, 0.15) is 64.2 Å². The first-order valence-electron chi connectivity index (χ1n) is 11.1. The lowest BCUT2D eigenvalue weighted by Crippen LogP contribution is -2.59. The van der Waals surface area contributed by atoms with Crippen molar-refractivity contribution < 1.29 is 19.1 Å². The zero-order valence-electron chi connectivity index (χ0n) is 19.1. The third-order valence-electron chi connectivity index (χ3n) is 6.68. The van der Waals surface area contributed by atoms with Crippen molar-refractivity contribution in [2.45, 2.75) is 87.7 Å². The Kier molecular flexibility index (Phi) is 8.85. The highest BCUT2D eigenvalue weighted by Gasteiger charge is 2.44. The monoisotopic (exact) mass is 424 g/mol. The van der Waals surface area contributed by atoms with E-state index in [-0.39, 0.29) is 12.1 Å².